The quantitative estimate of drug-likeness (QED) is 0.777. The van der Waals surface area contributed by atoms with Crippen molar-refractivity contribution in [3.05, 3.63) is 29.1 Å². The monoisotopic (exact) mass is 198 g/mol. The van der Waals surface area contributed by atoms with Gasteiger partial charge < -0.3 is 10.2 Å². The second-order valence-corrected chi connectivity index (χ2v) is 3.27. The zero-order valence-electron chi connectivity index (χ0n) is 8.26. The second-order valence-electron chi connectivity index (χ2n) is 3.27. The second kappa shape index (κ2) is 4.96. The van der Waals surface area contributed by atoms with Gasteiger partial charge in [-0.3, -0.25) is 0 Å². The van der Waals surface area contributed by atoms with E-state index in [4.69, 9.17) is 5.11 Å². The molecule has 1 aromatic rings. The molecule has 0 amide bonds. The van der Waals surface area contributed by atoms with Gasteiger partial charge in [-0.15, -0.1) is 0 Å². The highest BCUT2D eigenvalue weighted by molar-refractivity contribution is 5.37. The van der Waals surface area contributed by atoms with Crippen molar-refractivity contribution >= 4 is 0 Å². The van der Waals surface area contributed by atoms with Gasteiger partial charge in [-0.25, -0.2) is 4.39 Å². The van der Waals surface area contributed by atoms with Gasteiger partial charge in [0.1, 0.15) is 0 Å². The molecular formula is C11H15FO2. The first-order chi connectivity index (χ1) is 6.69. The lowest BCUT2D eigenvalue weighted by molar-refractivity contribution is 0.287. The standard InChI is InChI=1S/C11H15FO2/c1-2-8-6-9(4-3-5-13)11(14)10(12)7-8/h6-7,13-14H,2-5H2,1H3. The summed E-state index contributed by atoms with van der Waals surface area (Å²) >= 11 is 0. The van der Waals surface area contributed by atoms with Crippen LogP contribution in [0.4, 0.5) is 4.39 Å². The van der Waals surface area contributed by atoms with Crippen molar-refractivity contribution in [2.75, 3.05) is 6.61 Å². The number of rotatable bonds is 4. The molecule has 0 aliphatic carbocycles. The molecule has 0 spiro atoms. The predicted molar refractivity (Wildman–Crippen MR) is 52.8 cm³/mol. The van der Waals surface area contributed by atoms with Crippen molar-refractivity contribution < 1.29 is 14.6 Å². The van der Waals surface area contributed by atoms with Crippen LogP contribution >= 0.6 is 0 Å². The highest BCUT2D eigenvalue weighted by Crippen LogP contribution is 2.24. The van der Waals surface area contributed by atoms with Crippen LogP contribution in [0.5, 0.6) is 5.75 Å². The first kappa shape index (κ1) is 11.0. The number of hydrogen-bond donors (Lipinski definition) is 2. The summed E-state index contributed by atoms with van der Waals surface area (Å²) < 4.78 is 13.1. The molecule has 0 atom stereocenters. The third-order valence-corrected chi connectivity index (χ3v) is 2.21. The molecule has 14 heavy (non-hydrogen) atoms. The Balaban J connectivity index is 2.95. The minimum Gasteiger partial charge on any atom is -0.505 e. The van der Waals surface area contributed by atoms with Gasteiger partial charge in [-0.05, 0) is 36.5 Å². The van der Waals surface area contributed by atoms with Gasteiger partial charge in [0.05, 0.1) is 0 Å². The molecule has 0 fully saturated rings. The Morgan fingerprint density at radius 3 is 2.64 bits per heavy atom. The molecule has 0 aromatic heterocycles. The molecular weight excluding hydrogens is 183 g/mol. The molecule has 0 saturated carbocycles. The molecule has 2 N–H and O–H groups in total. The fraction of sp³-hybridized carbons (Fsp3) is 0.455. The molecule has 0 heterocycles. The lowest BCUT2D eigenvalue weighted by atomic mass is 10.0. The minimum atomic E-state index is -0.572. The smallest absolute Gasteiger partial charge is 0.165 e. The SMILES string of the molecule is CCc1cc(F)c(O)c(CCCO)c1. The van der Waals surface area contributed by atoms with E-state index in [9.17, 15) is 9.50 Å². The molecule has 1 aromatic carbocycles. The number of aliphatic hydroxyl groups is 1. The van der Waals surface area contributed by atoms with Crippen molar-refractivity contribution in [1.82, 2.24) is 0 Å². The Labute approximate surface area is 83.0 Å². The van der Waals surface area contributed by atoms with Gasteiger partial charge >= 0.3 is 0 Å². The number of halogens is 1. The predicted octanol–water partition coefficient (Wildman–Crippen LogP) is 2.02. The van der Waals surface area contributed by atoms with Crippen LogP contribution < -0.4 is 0 Å². The average molecular weight is 198 g/mol. The van der Waals surface area contributed by atoms with Crippen molar-refractivity contribution in [3.63, 3.8) is 0 Å². The first-order valence-electron chi connectivity index (χ1n) is 4.80. The zero-order valence-corrected chi connectivity index (χ0v) is 8.26. The summed E-state index contributed by atoms with van der Waals surface area (Å²) in [4.78, 5) is 0. The van der Waals surface area contributed by atoms with Crippen LogP contribution in [-0.4, -0.2) is 16.8 Å². The molecule has 0 unspecified atom stereocenters. The topological polar surface area (TPSA) is 40.5 Å². The van der Waals surface area contributed by atoms with E-state index in [1.165, 1.54) is 6.07 Å². The maximum atomic E-state index is 13.1. The van der Waals surface area contributed by atoms with E-state index in [-0.39, 0.29) is 12.4 Å². The third-order valence-electron chi connectivity index (χ3n) is 2.21. The number of hydrogen-bond acceptors (Lipinski definition) is 2. The molecule has 0 aliphatic rings. The summed E-state index contributed by atoms with van der Waals surface area (Å²) in [7, 11) is 0. The fourth-order valence-electron chi connectivity index (χ4n) is 1.38. The number of aromatic hydroxyl groups is 1. The average Bonchev–Trinajstić information content (AvgIpc) is 2.20. The largest absolute Gasteiger partial charge is 0.505 e. The van der Waals surface area contributed by atoms with E-state index in [0.717, 1.165) is 12.0 Å². The van der Waals surface area contributed by atoms with Gasteiger partial charge in [0.25, 0.3) is 0 Å². The van der Waals surface area contributed by atoms with E-state index >= 15 is 0 Å². The molecule has 0 aliphatic heterocycles. The molecule has 0 bridgehead atoms. The lowest BCUT2D eigenvalue weighted by Gasteiger charge is -2.07. The minimum absolute atomic E-state index is 0.0530. The van der Waals surface area contributed by atoms with Crippen LogP contribution in [0.3, 0.4) is 0 Å². The molecule has 1 rings (SSSR count). The normalized spacial score (nSPS) is 10.5. The summed E-state index contributed by atoms with van der Waals surface area (Å²) in [6.45, 7) is 1.99. The van der Waals surface area contributed by atoms with Gasteiger partial charge in [0, 0.05) is 6.61 Å². The Morgan fingerprint density at radius 1 is 1.36 bits per heavy atom. The number of aryl methyl sites for hydroxylation is 2. The number of phenols is 1. The Bertz CT molecular complexity index is 310. The first-order valence-corrected chi connectivity index (χ1v) is 4.80. The highest BCUT2D eigenvalue weighted by atomic mass is 19.1. The maximum Gasteiger partial charge on any atom is 0.165 e. The molecule has 3 heteroatoms. The summed E-state index contributed by atoms with van der Waals surface area (Å²) in [5, 5.41) is 18.0. The van der Waals surface area contributed by atoms with Gasteiger partial charge in [-0.1, -0.05) is 13.0 Å². The summed E-state index contributed by atoms with van der Waals surface area (Å²) in [6.07, 6.45) is 1.79. The molecule has 0 radical (unpaired) electrons. The van der Waals surface area contributed by atoms with Crippen molar-refractivity contribution in [2.45, 2.75) is 26.2 Å². The van der Waals surface area contributed by atoms with Gasteiger partial charge in [-0.2, -0.15) is 0 Å². The van der Waals surface area contributed by atoms with Crippen LogP contribution in [-0.2, 0) is 12.8 Å². The Kier molecular flexibility index (Phi) is 3.89. The Hall–Kier alpha value is -1.09. The van der Waals surface area contributed by atoms with Crippen LogP contribution in [0.2, 0.25) is 0 Å². The van der Waals surface area contributed by atoms with Gasteiger partial charge in [0.15, 0.2) is 11.6 Å². The van der Waals surface area contributed by atoms with E-state index in [1.807, 2.05) is 6.92 Å². The molecule has 78 valence electrons. The number of benzene rings is 1. The van der Waals surface area contributed by atoms with E-state index in [0.29, 0.717) is 18.4 Å². The summed E-state index contributed by atoms with van der Waals surface area (Å²) in [6, 6.07) is 3.13. The number of aliphatic hydroxyl groups excluding tert-OH is 1. The van der Waals surface area contributed by atoms with Crippen LogP contribution in [0, 0.1) is 5.82 Å². The van der Waals surface area contributed by atoms with Crippen LogP contribution in [0.25, 0.3) is 0 Å². The summed E-state index contributed by atoms with van der Waals surface area (Å²) in [5.41, 5.74) is 1.45. The fourth-order valence-corrected chi connectivity index (χ4v) is 1.38. The van der Waals surface area contributed by atoms with Crippen LogP contribution in [0.1, 0.15) is 24.5 Å². The lowest BCUT2D eigenvalue weighted by Crippen LogP contribution is -1.94. The van der Waals surface area contributed by atoms with E-state index in [2.05, 4.69) is 0 Å². The van der Waals surface area contributed by atoms with E-state index in [1.54, 1.807) is 6.07 Å². The van der Waals surface area contributed by atoms with Crippen molar-refractivity contribution in [3.8, 4) is 5.75 Å². The molecule has 0 saturated heterocycles. The third kappa shape index (κ3) is 2.45. The number of phenolic OH excluding ortho intramolecular Hbond substituents is 1. The highest BCUT2D eigenvalue weighted by Gasteiger charge is 2.08. The van der Waals surface area contributed by atoms with Crippen LogP contribution in [0.15, 0.2) is 12.1 Å². The van der Waals surface area contributed by atoms with Crippen molar-refractivity contribution in [1.29, 1.82) is 0 Å². The zero-order chi connectivity index (χ0) is 10.6. The van der Waals surface area contributed by atoms with Crippen molar-refractivity contribution in [2.24, 2.45) is 0 Å². The Morgan fingerprint density at radius 2 is 2.07 bits per heavy atom. The molecule has 2 nitrogen and oxygen atoms in total. The van der Waals surface area contributed by atoms with Gasteiger partial charge in [0.2, 0.25) is 0 Å². The summed E-state index contributed by atoms with van der Waals surface area (Å²) in [5.74, 6) is -0.854. The maximum absolute atomic E-state index is 13.1. The van der Waals surface area contributed by atoms with E-state index < -0.39 is 5.82 Å².